The zero-order valence-electron chi connectivity index (χ0n) is 13.9. The molecule has 2 aromatic carbocycles. The fraction of sp³-hybridized carbons (Fsp3) is 0.381. The molecule has 1 amide bonds. The minimum Gasteiger partial charge on any atom is -0.484 e. The zero-order chi connectivity index (χ0) is 16.4. The largest absolute Gasteiger partial charge is 0.484 e. The molecule has 124 valence electrons. The van der Waals surface area contributed by atoms with Crippen molar-refractivity contribution in [2.45, 2.75) is 44.6 Å². The van der Waals surface area contributed by atoms with Gasteiger partial charge in [0.25, 0.3) is 5.91 Å². The van der Waals surface area contributed by atoms with Gasteiger partial charge in [0.1, 0.15) is 5.75 Å². The molecule has 0 aromatic heterocycles. The monoisotopic (exact) mass is 321 g/mol. The van der Waals surface area contributed by atoms with Crippen molar-refractivity contribution in [2.75, 3.05) is 6.61 Å². The molecule has 0 heterocycles. The Labute approximate surface area is 143 Å². The molecule has 0 aliphatic heterocycles. The van der Waals surface area contributed by atoms with E-state index in [4.69, 9.17) is 4.74 Å². The maximum atomic E-state index is 12.3. The zero-order valence-corrected chi connectivity index (χ0v) is 13.9. The number of benzene rings is 2. The summed E-state index contributed by atoms with van der Waals surface area (Å²) in [7, 11) is 0. The van der Waals surface area contributed by atoms with E-state index in [1.807, 2.05) is 12.1 Å². The number of aryl methyl sites for hydroxylation is 3. The molecule has 2 aliphatic carbocycles. The summed E-state index contributed by atoms with van der Waals surface area (Å²) >= 11 is 0. The van der Waals surface area contributed by atoms with Crippen LogP contribution >= 0.6 is 0 Å². The number of amides is 1. The normalized spacial score (nSPS) is 18.6. The van der Waals surface area contributed by atoms with E-state index in [1.54, 1.807) is 0 Å². The molecule has 24 heavy (non-hydrogen) atoms. The van der Waals surface area contributed by atoms with Crippen molar-refractivity contribution < 1.29 is 9.53 Å². The van der Waals surface area contributed by atoms with E-state index in [0.717, 1.165) is 37.9 Å². The number of hydrogen-bond donors (Lipinski definition) is 1. The van der Waals surface area contributed by atoms with Gasteiger partial charge < -0.3 is 10.1 Å². The summed E-state index contributed by atoms with van der Waals surface area (Å²) in [6, 6.07) is 14.7. The number of fused-ring (bicyclic) bond motifs is 2. The number of hydrogen-bond acceptors (Lipinski definition) is 2. The van der Waals surface area contributed by atoms with Gasteiger partial charge in [0.05, 0.1) is 6.04 Å². The third kappa shape index (κ3) is 3.16. The fourth-order valence-electron chi connectivity index (χ4n) is 3.93. The predicted molar refractivity (Wildman–Crippen MR) is 94.2 cm³/mol. The molecule has 3 heteroatoms. The van der Waals surface area contributed by atoms with Crippen LogP contribution in [0.3, 0.4) is 0 Å². The quantitative estimate of drug-likeness (QED) is 0.931. The Kier molecular flexibility index (Phi) is 4.24. The van der Waals surface area contributed by atoms with E-state index in [1.165, 1.54) is 28.7 Å². The second-order valence-electron chi connectivity index (χ2n) is 6.78. The Morgan fingerprint density at radius 3 is 2.79 bits per heavy atom. The number of nitrogens with one attached hydrogen (secondary N) is 1. The Hall–Kier alpha value is -2.29. The van der Waals surface area contributed by atoms with Crippen LogP contribution in [0, 0.1) is 0 Å². The third-order valence-electron chi connectivity index (χ3n) is 5.14. The van der Waals surface area contributed by atoms with Crippen LogP contribution in [0.1, 0.15) is 47.6 Å². The predicted octanol–water partition coefficient (Wildman–Crippen LogP) is 3.75. The van der Waals surface area contributed by atoms with Gasteiger partial charge >= 0.3 is 0 Å². The number of carbonyl (C=O) groups is 1. The lowest BCUT2D eigenvalue weighted by Gasteiger charge is -2.26. The fourth-order valence-corrected chi connectivity index (χ4v) is 3.93. The Morgan fingerprint density at radius 2 is 1.83 bits per heavy atom. The van der Waals surface area contributed by atoms with E-state index in [2.05, 4.69) is 35.6 Å². The maximum Gasteiger partial charge on any atom is 0.258 e. The van der Waals surface area contributed by atoms with Crippen molar-refractivity contribution in [3.63, 3.8) is 0 Å². The molecule has 2 aliphatic rings. The van der Waals surface area contributed by atoms with E-state index < -0.39 is 0 Å². The summed E-state index contributed by atoms with van der Waals surface area (Å²) in [5.74, 6) is 0.757. The Bertz CT molecular complexity index is 753. The molecule has 0 bridgehead atoms. The Balaban J connectivity index is 1.36. The van der Waals surface area contributed by atoms with Gasteiger partial charge in [-0.05, 0) is 72.9 Å². The second kappa shape index (κ2) is 6.68. The number of rotatable bonds is 4. The van der Waals surface area contributed by atoms with Crippen LogP contribution < -0.4 is 10.1 Å². The molecule has 2 aromatic rings. The van der Waals surface area contributed by atoms with Crippen LogP contribution in [0.2, 0.25) is 0 Å². The second-order valence-corrected chi connectivity index (χ2v) is 6.78. The summed E-state index contributed by atoms with van der Waals surface area (Å²) in [6.07, 6.45) is 6.73. The van der Waals surface area contributed by atoms with Gasteiger partial charge in [-0.2, -0.15) is 0 Å². The van der Waals surface area contributed by atoms with Crippen LogP contribution in [0.25, 0.3) is 0 Å². The summed E-state index contributed by atoms with van der Waals surface area (Å²) in [6.45, 7) is 0.0808. The van der Waals surface area contributed by atoms with Crippen molar-refractivity contribution >= 4 is 5.91 Å². The van der Waals surface area contributed by atoms with Crippen LogP contribution in [0.5, 0.6) is 5.75 Å². The summed E-state index contributed by atoms with van der Waals surface area (Å²) in [5, 5.41) is 3.13. The first-order valence-electron chi connectivity index (χ1n) is 8.91. The molecule has 0 fully saturated rings. The van der Waals surface area contributed by atoms with Gasteiger partial charge in [0, 0.05) is 0 Å². The molecule has 3 nitrogen and oxygen atoms in total. The van der Waals surface area contributed by atoms with Crippen molar-refractivity contribution in [3.05, 3.63) is 64.7 Å². The highest BCUT2D eigenvalue weighted by atomic mass is 16.5. The van der Waals surface area contributed by atoms with Gasteiger partial charge in [-0.15, -0.1) is 0 Å². The summed E-state index contributed by atoms with van der Waals surface area (Å²) in [5.41, 5.74) is 5.41. The molecule has 1 atom stereocenters. The van der Waals surface area contributed by atoms with Crippen LogP contribution in [-0.2, 0) is 24.1 Å². The molecule has 4 rings (SSSR count). The average Bonchev–Trinajstić information content (AvgIpc) is 3.08. The molecular weight excluding hydrogens is 298 g/mol. The first kappa shape index (κ1) is 15.3. The van der Waals surface area contributed by atoms with Gasteiger partial charge in [-0.25, -0.2) is 0 Å². The van der Waals surface area contributed by atoms with E-state index >= 15 is 0 Å². The summed E-state index contributed by atoms with van der Waals surface area (Å²) in [4.78, 5) is 12.3. The van der Waals surface area contributed by atoms with Crippen molar-refractivity contribution in [2.24, 2.45) is 0 Å². The Morgan fingerprint density at radius 1 is 1.00 bits per heavy atom. The highest BCUT2D eigenvalue weighted by Crippen LogP contribution is 2.29. The lowest BCUT2D eigenvalue weighted by molar-refractivity contribution is -0.123. The topological polar surface area (TPSA) is 38.3 Å². The molecule has 1 N–H and O–H groups in total. The minimum atomic E-state index is -0.0443. The first-order chi connectivity index (χ1) is 11.8. The van der Waals surface area contributed by atoms with Gasteiger partial charge in [0.2, 0.25) is 0 Å². The standard InChI is InChI=1S/C21H23NO2/c23-21(14-24-18-12-11-15-6-3-8-17(15)13-18)22-20-10-4-7-16-5-1-2-9-19(16)20/h1-2,5,9,11-13,20H,3-4,6-8,10,14H2,(H,22,23)/t20-/m0/s1. The SMILES string of the molecule is O=C(COc1ccc2c(c1)CCC2)N[C@H]1CCCc2ccccc21. The van der Waals surface area contributed by atoms with E-state index in [9.17, 15) is 4.79 Å². The minimum absolute atomic E-state index is 0.0443. The van der Waals surface area contributed by atoms with Gasteiger partial charge in [-0.1, -0.05) is 30.3 Å². The highest BCUT2D eigenvalue weighted by molar-refractivity contribution is 5.78. The third-order valence-corrected chi connectivity index (χ3v) is 5.14. The van der Waals surface area contributed by atoms with E-state index in [-0.39, 0.29) is 18.6 Å². The van der Waals surface area contributed by atoms with Gasteiger partial charge in [-0.3, -0.25) is 4.79 Å². The lowest BCUT2D eigenvalue weighted by Crippen LogP contribution is -2.34. The number of ether oxygens (including phenoxy) is 1. The summed E-state index contributed by atoms with van der Waals surface area (Å²) < 4.78 is 5.71. The van der Waals surface area contributed by atoms with Crippen molar-refractivity contribution in [1.29, 1.82) is 0 Å². The smallest absolute Gasteiger partial charge is 0.258 e. The average molecular weight is 321 g/mol. The van der Waals surface area contributed by atoms with Crippen LogP contribution in [0.15, 0.2) is 42.5 Å². The first-order valence-corrected chi connectivity index (χ1v) is 8.91. The molecular formula is C21H23NO2. The lowest BCUT2D eigenvalue weighted by atomic mass is 9.88. The van der Waals surface area contributed by atoms with Crippen LogP contribution in [-0.4, -0.2) is 12.5 Å². The van der Waals surface area contributed by atoms with Crippen molar-refractivity contribution in [1.82, 2.24) is 5.32 Å². The van der Waals surface area contributed by atoms with E-state index in [0.29, 0.717) is 0 Å². The van der Waals surface area contributed by atoms with Crippen LogP contribution in [0.4, 0.5) is 0 Å². The molecule has 0 spiro atoms. The molecule has 0 saturated heterocycles. The maximum absolute atomic E-state index is 12.3. The highest BCUT2D eigenvalue weighted by Gasteiger charge is 2.21. The molecule has 0 unspecified atom stereocenters. The molecule has 0 radical (unpaired) electrons. The number of carbonyl (C=O) groups excluding carboxylic acids is 1. The van der Waals surface area contributed by atoms with Gasteiger partial charge in [0.15, 0.2) is 6.61 Å². The molecule has 0 saturated carbocycles. The van der Waals surface area contributed by atoms with Crippen molar-refractivity contribution in [3.8, 4) is 5.75 Å².